The van der Waals surface area contributed by atoms with Crippen molar-refractivity contribution in [3.05, 3.63) is 23.3 Å². The smallest absolute Gasteiger partial charge is 0.335 e. The number of aromatic carboxylic acids is 1. The number of aliphatic hydroxyl groups excluding tert-OH is 2. The Morgan fingerprint density at radius 2 is 1.68 bits per heavy atom. The Bertz CT molecular complexity index is 533. The van der Waals surface area contributed by atoms with Crippen LogP contribution < -0.4 is 9.47 Å². The van der Waals surface area contributed by atoms with Crippen LogP contribution in [0.4, 0.5) is 0 Å². The quantitative estimate of drug-likeness (QED) is 0.680. The van der Waals surface area contributed by atoms with Crippen LogP contribution in [-0.2, 0) is 4.79 Å². The zero-order chi connectivity index (χ0) is 16.9. The molecule has 1 aromatic rings. The molecule has 0 saturated carbocycles. The van der Waals surface area contributed by atoms with Crippen LogP contribution >= 0.6 is 11.8 Å². The van der Waals surface area contributed by atoms with Gasteiger partial charge < -0.3 is 24.8 Å². The number of benzene rings is 1. The van der Waals surface area contributed by atoms with Gasteiger partial charge in [-0.25, -0.2) is 4.79 Å². The molecule has 0 bridgehead atoms. The Kier molecular flexibility index (Phi) is 6.66. The molecule has 0 aromatic heterocycles. The van der Waals surface area contributed by atoms with Crippen molar-refractivity contribution >= 4 is 22.8 Å². The summed E-state index contributed by atoms with van der Waals surface area (Å²) >= 11 is 0.873. The molecule has 3 N–H and O–H groups in total. The molecule has 0 amide bonds. The van der Waals surface area contributed by atoms with E-state index in [-0.39, 0.29) is 33.5 Å². The van der Waals surface area contributed by atoms with Gasteiger partial charge in [-0.2, -0.15) is 0 Å². The van der Waals surface area contributed by atoms with Crippen molar-refractivity contribution in [1.82, 2.24) is 0 Å². The van der Waals surface area contributed by atoms with Crippen molar-refractivity contribution in [1.29, 1.82) is 0 Å². The highest BCUT2D eigenvalue weighted by Gasteiger charge is 2.27. The third kappa shape index (κ3) is 4.36. The summed E-state index contributed by atoms with van der Waals surface area (Å²) in [7, 11) is 2.63. The minimum absolute atomic E-state index is 0.0104. The molecule has 0 aliphatic carbocycles. The average molecular weight is 330 g/mol. The number of carbonyl (C=O) groups excluding carboxylic acids is 1. The number of ether oxygens (including phenoxy) is 2. The van der Waals surface area contributed by atoms with Gasteiger partial charge in [-0.05, 0) is 12.1 Å². The summed E-state index contributed by atoms with van der Waals surface area (Å²) < 4.78 is 10.2. The molecule has 0 aliphatic rings. The van der Waals surface area contributed by atoms with Crippen LogP contribution in [0.15, 0.2) is 12.1 Å². The Morgan fingerprint density at radius 1 is 1.18 bits per heavy atom. The highest BCUT2D eigenvalue weighted by Crippen LogP contribution is 2.37. The van der Waals surface area contributed by atoms with Crippen molar-refractivity contribution in [3.8, 4) is 11.5 Å². The van der Waals surface area contributed by atoms with Crippen molar-refractivity contribution in [2.75, 3.05) is 20.0 Å². The predicted molar refractivity (Wildman–Crippen MR) is 80.6 cm³/mol. The Balaban J connectivity index is 3.20. The van der Waals surface area contributed by atoms with Crippen LogP contribution in [0.1, 0.15) is 28.9 Å². The van der Waals surface area contributed by atoms with Gasteiger partial charge in [-0.15, -0.1) is 0 Å². The van der Waals surface area contributed by atoms with E-state index in [0.717, 1.165) is 11.8 Å². The molecular weight excluding hydrogens is 312 g/mol. The molecule has 8 heteroatoms. The second-order valence-corrected chi connectivity index (χ2v) is 5.61. The fourth-order valence-electron chi connectivity index (χ4n) is 1.84. The fourth-order valence-corrected chi connectivity index (χ4v) is 2.43. The first-order valence-electron chi connectivity index (χ1n) is 6.30. The molecule has 1 aromatic carbocycles. The van der Waals surface area contributed by atoms with Crippen LogP contribution in [0.25, 0.3) is 0 Å². The number of carboxylic acid groups (broad SMARTS) is 1. The maximum atomic E-state index is 11.1. The van der Waals surface area contributed by atoms with Gasteiger partial charge in [0, 0.05) is 12.7 Å². The summed E-state index contributed by atoms with van der Waals surface area (Å²) in [6.45, 7) is 1.35. The molecule has 22 heavy (non-hydrogen) atoms. The molecule has 0 saturated heterocycles. The Morgan fingerprint density at radius 3 is 2.05 bits per heavy atom. The maximum absolute atomic E-state index is 11.1. The van der Waals surface area contributed by atoms with Crippen LogP contribution in [0, 0.1) is 0 Å². The number of carbonyl (C=O) groups is 2. The van der Waals surface area contributed by atoms with Crippen LogP contribution in [0.3, 0.4) is 0 Å². The van der Waals surface area contributed by atoms with E-state index < -0.39 is 18.2 Å². The van der Waals surface area contributed by atoms with E-state index >= 15 is 0 Å². The molecule has 0 heterocycles. The van der Waals surface area contributed by atoms with Crippen molar-refractivity contribution in [2.45, 2.75) is 19.1 Å². The number of thioether (sulfide) groups is 1. The SMILES string of the molecule is COc1cc(C(=O)O)cc(OC)c1C(O)C(O)CSC(C)=O. The van der Waals surface area contributed by atoms with Gasteiger partial charge in [0.25, 0.3) is 0 Å². The lowest BCUT2D eigenvalue weighted by molar-refractivity contribution is -0.109. The van der Waals surface area contributed by atoms with Gasteiger partial charge in [0.15, 0.2) is 5.12 Å². The van der Waals surface area contributed by atoms with Crippen LogP contribution in [-0.4, -0.2) is 52.5 Å². The number of methoxy groups -OCH3 is 2. The third-order valence-electron chi connectivity index (χ3n) is 2.91. The largest absolute Gasteiger partial charge is 0.496 e. The number of carboxylic acids is 1. The lowest BCUT2D eigenvalue weighted by atomic mass is 10.0. The first-order chi connectivity index (χ1) is 10.3. The standard InChI is InChI=1S/C14H18O7S/c1-7(15)22-6-9(16)13(17)12-10(20-2)4-8(14(18)19)5-11(12)21-3/h4-5,9,13,16-17H,6H2,1-3H3,(H,18,19). The van der Waals surface area contributed by atoms with E-state index in [4.69, 9.17) is 14.6 Å². The molecule has 1 rings (SSSR count). The zero-order valence-corrected chi connectivity index (χ0v) is 13.2. The van der Waals surface area contributed by atoms with E-state index in [0.29, 0.717) is 0 Å². The number of aliphatic hydroxyl groups is 2. The topological polar surface area (TPSA) is 113 Å². The normalized spacial score (nSPS) is 13.3. The Labute approximate surface area is 131 Å². The van der Waals surface area contributed by atoms with E-state index in [2.05, 4.69) is 0 Å². The molecule has 0 spiro atoms. The number of hydrogen-bond donors (Lipinski definition) is 3. The van der Waals surface area contributed by atoms with E-state index in [1.807, 2.05) is 0 Å². The van der Waals surface area contributed by atoms with Crippen LogP contribution in [0.5, 0.6) is 11.5 Å². The molecule has 0 fully saturated rings. The minimum atomic E-state index is -1.39. The van der Waals surface area contributed by atoms with Gasteiger partial charge in [-0.3, -0.25) is 4.79 Å². The summed E-state index contributed by atoms with van der Waals surface area (Å²) in [5.74, 6) is -1.03. The monoisotopic (exact) mass is 330 g/mol. The van der Waals surface area contributed by atoms with Crippen molar-refractivity contribution in [2.24, 2.45) is 0 Å². The second-order valence-electron chi connectivity index (χ2n) is 4.41. The summed E-state index contributed by atoms with van der Waals surface area (Å²) in [5, 5.41) is 29.1. The fraction of sp³-hybridized carbons (Fsp3) is 0.429. The van der Waals surface area contributed by atoms with Crippen molar-refractivity contribution < 1.29 is 34.4 Å². The molecule has 7 nitrogen and oxygen atoms in total. The first-order valence-corrected chi connectivity index (χ1v) is 7.29. The minimum Gasteiger partial charge on any atom is -0.496 e. The van der Waals surface area contributed by atoms with Gasteiger partial charge >= 0.3 is 5.97 Å². The number of rotatable bonds is 7. The predicted octanol–water partition coefficient (Wildman–Crippen LogP) is 1.08. The lowest BCUT2D eigenvalue weighted by Gasteiger charge is -2.22. The molecule has 0 radical (unpaired) electrons. The van der Waals surface area contributed by atoms with E-state index in [1.54, 1.807) is 0 Å². The highest BCUT2D eigenvalue weighted by molar-refractivity contribution is 8.13. The summed E-state index contributed by atoms with van der Waals surface area (Å²) in [5.41, 5.74) is 0.0592. The summed E-state index contributed by atoms with van der Waals surface area (Å²) in [6.07, 6.45) is -2.63. The lowest BCUT2D eigenvalue weighted by Crippen LogP contribution is -2.22. The van der Waals surface area contributed by atoms with Gasteiger partial charge in [-0.1, -0.05) is 11.8 Å². The molecular formula is C14H18O7S. The van der Waals surface area contributed by atoms with Gasteiger partial charge in [0.1, 0.15) is 17.6 Å². The van der Waals surface area contributed by atoms with E-state index in [1.165, 1.54) is 33.3 Å². The summed E-state index contributed by atoms with van der Waals surface area (Å²) in [6, 6.07) is 2.46. The number of hydrogen-bond acceptors (Lipinski definition) is 7. The van der Waals surface area contributed by atoms with E-state index in [9.17, 15) is 19.8 Å². The first kappa shape index (κ1) is 18.3. The third-order valence-corrected chi connectivity index (χ3v) is 3.82. The van der Waals surface area contributed by atoms with Gasteiger partial charge in [0.05, 0.1) is 31.5 Å². The Hall–Kier alpha value is -1.77. The second kappa shape index (κ2) is 8.02. The molecule has 122 valence electrons. The highest BCUT2D eigenvalue weighted by atomic mass is 32.2. The van der Waals surface area contributed by atoms with Gasteiger partial charge in [0.2, 0.25) is 0 Å². The zero-order valence-electron chi connectivity index (χ0n) is 12.4. The molecule has 2 unspecified atom stereocenters. The van der Waals surface area contributed by atoms with Crippen LogP contribution in [0.2, 0.25) is 0 Å². The summed E-state index contributed by atoms with van der Waals surface area (Å²) in [4.78, 5) is 22.0. The average Bonchev–Trinajstić information content (AvgIpc) is 2.49. The molecule has 0 aliphatic heterocycles. The molecule has 2 atom stereocenters. The van der Waals surface area contributed by atoms with Crippen molar-refractivity contribution in [3.63, 3.8) is 0 Å². The maximum Gasteiger partial charge on any atom is 0.335 e.